The Kier molecular flexibility index (Phi) is 8.92. The first-order valence-electron chi connectivity index (χ1n) is 14.9. The maximum Gasteiger partial charge on any atom is 0.417 e. The second-order valence-corrected chi connectivity index (χ2v) is 14.1. The Hall–Kier alpha value is -3.97. The zero-order valence-electron chi connectivity index (χ0n) is 24.8. The number of allylic oxidation sites excluding steroid dienone is 1. The highest BCUT2D eigenvalue weighted by molar-refractivity contribution is 7.99. The van der Waals surface area contributed by atoms with E-state index in [0.29, 0.717) is 14.9 Å². The van der Waals surface area contributed by atoms with Crippen LogP contribution in [0.15, 0.2) is 92.7 Å². The standard InChI is InChI=1S/C34H24Cl2F3N5O2S2/c35-21-11-9-19(10-12-21)30-23-7-2-5-20(14-18-4-1-6-22(36)15-18)29(23)43-44(30)27(45)17-48-33-41-31-28(32(46)42-33)24(34(37,38)39)16-25(40-31)26-8-3-13-47-26/h1,3-4,6,8-16,23,30H,2,5,7,17H2,(H,40,41,42,46)/b20-14-/t23-,30-/m1/s1. The normalized spacial score (nSPS) is 18.7. The van der Waals surface area contributed by atoms with Gasteiger partial charge in [-0.25, -0.2) is 15.0 Å². The lowest BCUT2D eigenvalue weighted by Gasteiger charge is -2.29. The topological polar surface area (TPSA) is 91.3 Å². The second kappa shape index (κ2) is 13.1. The van der Waals surface area contributed by atoms with E-state index in [1.807, 2.05) is 30.3 Å². The van der Waals surface area contributed by atoms with Gasteiger partial charge in [0.25, 0.3) is 11.5 Å². The first kappa shape index (κ1) is 32.6. The molecule has 1 fully saturated rings. The van der Waals surface area contributed by atoms with Crippen LogP contribution >= 0.6 is 46.3 Å². The van der Waals surface area contributed by atoms with Crippen molar-refractivity contribution < 1.29 is 18.0 Å². The Morgan fingerprint density at radius 3 is 2.60 bits per heavy atom. The van der Waals surface area contributed by atoms with Crippen molar-refractivity contribution in [3.05, 3.63) is 115 Å². The zero-order valence-corrected chi connectivity index (χ0v) is 27.9. The lowest BCUT2D eigenvalue weighted by Crippen LogP contribution is -2.33. The molecule has 1 amide bonds. The van der Waals surface area contributed by atoms with E-state index in [4.69, 9.17) is 28.3 Å². The molecule has 2 atom stereocenters. The summed E-state index contributed by atoms with van der Waals surface area (Å²) in [4.78, 5) is 38.4. The number of hydrogen-bond acceptors (Lipinski definition) is 7. The fraction of sp³-hybridized carbons (Fsp3) is 0.206. The molecule has 48 heavy (non-hydrogen) atoms. The van der Waals surface area contributed by atoms with Gasteiger partial charge in [0.1, 0.15) is 0 Å². The smallest absolute Gasteiger partial charge is 0.301 e. The number of amides is 1. The summed E-state index contributed by atoms with van der Waals surface area (Å²) in [5.41, 5.74) is 1.22. The average Bonchev–Trinajstić information content (AvgIpc) is 3.73. The largest absolute Gasteiger partial charge is 0.417 e. The molecule has 244 valence electrons. The summed E-state index contributed by atoms with van der Waals surface area (Å²) in [6.07, 6.45) is -0.257. The Morgan fingerprint density at radius 2 is 1.88 bits per heavy atom. The number of thiophene rings is 1. The molecule has 1 aliphatic carbocycles. The number of alkyl halides is 3. The highest BCUT2D eigenvalue weighted by Crippen LogP contribution is 2.45. The molecule has 5 aromatic rings. The molecule has 0 radical (unpaired) electrons. The molecule has 7 rings (SSSR count). The monoisotopic (exact) mass is 725 g/mol. The van der Waals surface area contributed by atoms with Gasteiger partial charge in [0.15, 0.2) is 10.8 Å². The summed E-state index contributed by atoms with van der Waals surface area (Å²) in [7, 11) is 0. The number of aromatic amines is 1. The van der Waals surface area contributed by atoms with Crippen LogP contribution in [0.3, 0.4) is 0 Å². The predicted molar refractivity (Wildman–Crippen MR) is 184 cm³/mol. The van der Waals surface area contributed by atoms with E-state index < -0.39 is 28.7 Å². The number of pyridine rings is 1. The van der Waals surface area contributed by atoms with Crippen LogP contribution in [0.2, 0.25) is 10.0 Å². The number of hydrogen-bond donors (Lipinski definition) is 1. The van der Waals surface area contributed by atoms with Crippen molar-refractivity contribution in [1.82, 2.24) is 20.0 Å². The summed E-state index contributed by atoms with van der Waals surface area (Å²) < 4.78 is 42.1. The van der Waals surface area contributed by atoms with Crippen LogP contribution in [0, 0.1) is 5.92 Å². The van der Waals surface area contributed by atoms with Gasteiger partial charge in [-0.2, -0.15) is 18.3 Å². The molecule has 2 aliphatic rings. The van der Waals surface area contributed by atoms with E-state index in [2.05, 4.69) is 21.0 Å². The SMILES string of the molecule is O=C(CSc1nc2nc(-c3cccs3)cc(C(F)(F)F)c2c(=O)[nH]1)N1N=C2/C(=C\c3cccc(Cl)c3)CCC[C@H]2[C@H]1c1ccc(Cl)cc1. The van der Waals surface area contributed by atoms with Crippen molar-refractivity contribution in [3.63, 3.8) is 0 Å². The molecule has 0 bridgehead atoms. The lowest BCUT2D eigenvalue weighted by atomic mass is 9.77. The molecule has 0 saturated heterocycles. The second-order valence-electron chi connectivity index (χ2n) is 11.3. The summed E-state index contributed by atoms with van der Waals surface area (Å²) >= 11 is 14.5. The fourth-order valence-corrected chi connectivity index (χ4v) is 7.88. The number of aromatic nitrogens is 3. The number of carbonyl (C=O) groups is 1. The summed E-state index contributed by atoms with van der Waals surface area (Å²) in [6, 6.07) is 18.6. The van der Waals surface area contributed by atoms with Crippen molar-refractivity contribution in [2.75, 3.05) is 5.75 Å². The van der Waals surface area contributed by atoms with E-state index in [-0.39, 0.29) is 34.1 Å². The maximum absolute atomic E-state index is 14.0. The summed E-state index contributed by atoms with van der Waals surface area (Å²) in [5, 5.41) is 8.56. The molecule has 0 spiro atoms. The van der Waals surface area contributed by atoms with Gasteiger partial charge in [-0.1, -0.05) is 65.3 Å². The molecular formula is C34H24Cl2F3N5O2S2. The van der Waals surface area contributed by atoms with Crippen LogP contribution in [-0.2, 0) is 11.0 Å². The number of carbonyl (C=O) groups excluding carboxylic acids is 1. The first-order valence-corrected chi connectivity index (χ1v) is 17.5. The number of fused-ring (bicyclic) bond motifs is 2. The molecule has 3 aromatic heterocycles. The van der Waals surface area contributed by atoms with E-state index in [9.17, 15) is 22.8 Å². The third-order valence-corrected chi connectivity index (χ3v) is 10.5. The van der Waals surface area contributed by atoms with Crippen LogP contribution < -0.4 is 5.56 Å². The molecule has 7 nitrogen and oxygen atoms in total. The van der Waals surface area contributed by atoms with Gasteiger partial charge < -0.3 is 4.98 Å². The molecular weight excluding hydrogens is 702 g/mol. The van der Waals surface area contributed by atoms with E-state index in [1.54, 1.807) is 35.7 Å². The lowest BCUT2D eigenvalue weighted by molar-refractivity contribution is -0.136. The van der Waals surface area contributed by atoms with Gasteiger partial charge in [0.2, 0.25) is 0 Å². The van der Waals surface area contributed by atoms with Crippen molar-refractivity contribution in [2.24, 2.45) is 11.0 Å². The fourth-order valence-electron chi connectivity index (χ4n) is 6.16. The van der Waals surface area contributed by atoms with Crippen LogP contribution in [0.25, 0.3) is 27.7 Å². The number of H-pyrrole nitrogens is 1. The average molecular weight is 727 g/mol. The third-order valence-electron chi connectivity index (χ3n) is 8.22. The number of rotatable bonds is 6. The highest BCUT2D eigenvalue weighted by Gasteiger charge is 2.43. The van der Waals surface area contributed by atoms with E-state index in [1.165, 1.54) is 16.3 Å². The number of nitrogens with one attached hydrogen (secondary N) is 1. The van der Waals surface area contributed by atoms with Gasteiger partial charge in [-0.05, 0) is 83.8 Å². The summed E-state index contributed by atoms with van der Waals surface area (Å²) in [5.74, 6) is -0.617. The Bertz CT molecular complexity index is 2150. The molecule has 0 unspecified atom stereocenters. The number of hydrazone groups is 1. The first-order chi connectivity index (χ1) is 23.0. The van der Waals surface area contributed by atoms with Crippen molar-refractivity contribution >= 4 is 75.0 Å². The van der Waals surface area contributed by atoms with Crippen LogP contribution in [0.5, 0.6) is 0 Å². The highest BCUT2D eigenvalue weighted by atomic mass is 35.5. The van der Waals surface area contributed by atoms with Gasteiger partial charge in [-0.3, -0.25) is 9.59 Å². The van der Waals surface area contributed by atoms with Gasteiger partial charge in [0, 0.05) is 16.0 Å². The molecule has 1 N–H and O–H groups in total. The number of thioether (sulfide) groups is 1. The van der Waals surface area contributed by atoms with Crippen LogP contribution in [0.1, 0.15) is 42.0 Å². The van der Waals surface area contributed by atoms with E-state index >= 15 is 0 Å². The molecule has 1 aliphatic heterocycles. The Labute approximate surface area is 290 Å². The van der Waals surface area contributed by atoms with Crippen LogP contribution in [-0.4, -0.2) is 37.3 Å². The molecule has 2 aromatic carbocycles. The van der Waals surface area contributed by atoms with Gasteiger partial charge in [0.05, 0.1) is 39.0 Å². The number of halogens is 5. The van der Waals surface area contributed by atoms with Crippen molar-refractivity contribution in [1.29, 1.82) is 0 Å². The Morgan fingerprint density at radius 1 is 1.06 bits per heavy atom. The number of benzene rings is 2. The van der Waals surface area contributed by atoms with Crippen molar-refractivity contribution in [3.8, 4) is 10.6 Å². The minimum Gasteiger partial charge on any atom is -0.301 e. The summed E-state index contributed by atoms with van der Waals surface area (Å²) in [6.45, 7) is 0. The third kappa shape index (κ3) is 6.54. The van der Waals surface area contributed by atoms with Gasteiger partial charge in [-0.15, -0.1) is 11.3 Å². The quantitative estimate of drug-likeness (QED) is 0.139. The minimum atomic E-state index is -4.81. The predicted octanol–water partition coefficient (Wildman–Crippen LogP) is 9.29. The molecule has 14 heteroatoms. The minimum absolute atomic E-state index is 0.0290. The Balaban J connectivity index is 1.22. The molecule has 4 heterocycles. The maximum atomic E-state index is 14.0. The van der Waals surface area contributed by atoms with Crippen molar-refractivity contribution in [2.45, 2.75) is 36.6 Å². The number of nitrogens with zero attached hydrogens (tertiary/aromatic N) is 4. The zero-order chi connectivity index (χ0) is 33.6. The van der Waals surface area contributed by atoms with Crippen LogP contribution in [0.4, 0.5) is 13.2 Å². The molecule has 1 saturated carbocycles. The van der Waals surface area contributed by atoms with Gasteiger partial charge >= 0.3 is 6.18 Å². The van der Waals surface area contributed by atoms with E-state index in [0.717, 1.165) is 59.5 Å².